The van der Waals surface area contributed by atoms with Crippen LogP contribution in [0.4, 0.5) is 65.9 Å². The molecule has 0 fully saturated rings. The molecule has 1 unspecified atom stereocenters. The maximum atomic E-state index is 13.2. The lowest BCUT2D eigenvalue weighted by Crippen LogP contribution is -2.64. The minimum atomic E-state index is -7.91. The van der Waals surface area contributed by atoms with E-state index < -0.39 is 61.8 Å². The molecule has 0 heterocycles. The summed E-state index contributed by atoms with van der Waals surface area (Å²) in [5.74, 6) is -15.7. The second kappa shape index (κ2) is 10.0. The predicted octanol–water partition coefficient (Wildman–Crippen LogP) is 5.57. The Kier molecular flexibility index (Phi) is 9.58. The molecule has 1 atom stereocenters. The van der Waals surface area contributed by atoms with Crippen molar-refractivity contribution in [1.82, 2.24) is 0 Å². The normalized spacial score (nSPS) is 16.1. The fraction of sp³-hybridized carbons (Fsp3) is 0.857. The van der Waals surface area contributed by atoms with Gasteiger partial charge in [0.25, 0.3) is 0 Å². The first kappa shape index (κ1) is 31.5. The quantitative estimate of drug-likeness (QED) is 0.236. The van der Waals surface area contributed by atoms with Gasteiger partial charge in [-0.05, 0) is 12.8 Å². The number of alkyl halides is 15. The molecule has 0 amide bonds. The van der Waals surface area contributed by atoms with E-state index in [1.165, 1.54) is 10.8 Å². The molecule has 0 saturated carbocycles. The number of aliphatic hydroxyl groups is 1. The van der Waals surface area contributed by atoms with Gasteiger partial charge in [0.2, 0.25) is 0 Å². The molecule has 0 rings (SSSR count). The van der Waals surface area contributed by atoms with E-state index in [9.17, 15) is 71.0 Å². The SMILES string of the molecule is C=CCCC(O)COCC(F)(F)OC(F)(F)C(F)(F)OC(F)(F)C(F)(F)C(F)(F)C(F)(F)F. The van der Waals surface area contributed by atoms with E-state index in [0.717, 1.165) is 0 Å². The molecule has 0 aliphatic heterocycles. The highest BCUT2D eigenvalue weighted by Crippen LogP contribution is 2.55. The van der Waals surface area contributed by atoms with Gasteiger partial charge < -0.3 is 9.84 Å². The number of ether oxygens (including phenoxy) is 3. The van der Waals surface area contributed by atoms with Gasteiger partial charge in [-0.3, -0.25) is 0 Å². The largest absolute Gasteiger partial charge is 0.460 e. The van der Waals surface area contributed by atoms with Crippen molar-refractivity contribution >= 4 is 0 Å². The van der Waals surface area contributed by atoms with Crippen LogP contribution in [0, 0.1) is 0 Å². The Morgan fingerprint density at radius 2 is 1.15 bits per heavy atom. The lowest BCUT2D eigenvalue weighted by molar-refractivity contribution is -0.543. The molecule has 0 aromatic heterocycles. The van der Waals surface area contributed by atoms with Gasteiger partial charge in [0, 0.05) is 0 Å². The summed E-state index contributed by atoms with van der Waals surface area (Å²) in [7, 11) is 0. The molecule has 0 aromatic carbocycles. The summed E-state index contributed by atoms with van der Waals surface area (Å²) < 4.78 is 200. The third kappa shape index (κ3) is 7.51. The molecule has 0 aliphatic rings. The smallest absolute Gasteiger partial charge is 0.391 e. The molecule has 198 valence electrons. The zero-order valence-corrected chi connectivity index (χ0v) is 15.5. The van der Waals surface area contributed by atoms with Crippen LogP contribution in [0.3, 0.4) is 0 Å². The minimum Gasteiger partial charge on any atom is -0.391 e. The highest BCUT2D eigenvalue weighted by Gasteiger charge is 2.85. The molecule has 0 radical (unpaired) electrons. The molecule has 0 aromatic rings. The van der Waals surface area contributed by atoms with Crippen molar-refractivity contribution in [3.8, 4) is 0 Å². The van der Waals surface area contributed by atoms with Gasteiger partial charge in [-0.2, -0.15) is 65.9 Å². The monoisotopic (exact) mass is 530 g/mol. The van der Waals surface area contributed by atoms with Crippen LogP contribution in [0.15, 0.2) is 12.7 Å². The van der Waals surface area contributed by atoms with E-state index in [1.54, 1.807) is 0 Å². The van der Waals surface area contributed by atoms with Crippen LogP contribution >= 0.6 is 0 Å². The lowest BCUT2D eigenvalue weighted by Gasteiger charge is -2.36. The molecule has 4 nitrogen and oxygen atoms in total. The fourth-order valence-electron chi connectivity index (χ4n) is 1.63. The first-order valence-electron chi connectivity index (χ1n) is 7.97. The Hall–Kier alpha value is -1.47. The molecule has 0 saturated heterocycles. The summed E-state index contributed by atoms with van der Waals surface area (Å²) in [6.07, 6.45) is -35.3. The number of allylic oxidation sites excluding steroid dienone is 1. The van der Waals surface area contributed by atoms with Crippen molar-refractivity contribution in [1.29, 1.82) is 0 Å². The average molecular weight is 530 g/mol. The number of halogens is 15. The average Bonchev–Trinajstić information content (AvgIpc) is 2.56. The third-order valence-electron chi connectivity index (χ3n) is 3.27. The van der Waals surface area contributed by atoms with E-state index >= 15 is 0 Å². The second-order valence-corrected chi connectivity index (χ2v) is 6.07. The Morgan fingerprint density at radius 1 is 0.697 bits per heavy atom. The summed E-state index contributed by atoms with van der Waals surface area (Å²) in [5, 5.41) is 9.22. The van der Waals surface area contributed by atoms with E-state index in [-0.39, 0.29) is 12.8 Å². The highest BCUT2D eigenvalue weighted by molar-refractivity contribution is 4.97. The van der Waals surface area contributed by atoms with Gasteiger partial charge >= 0.3 is 42.5 Å². The maximum absolute atomic E-state index is 13.2. The standard InChI is InChI=1S/C14H13F15O4/c1-2-3-4-7(30)5-31-6-8(15,16)32-13(26,27)14(28,29)33-12(24,25)10(19,20)9(17,18)11(21,22)23/h2,7,30H,1,3-6H2. The topological polar surface area (TPSA) is 47.9 Å². The maximum Gasteiger partial charge on any atom is 0.460 e. The molecular formula is C14H13F15O4. The molecule has 1 N–H and O–H groups in total. The number of rotatable bonds is 14. The number of aliphatic hydroxyl groups excluding tert-OH is 1. The second-order valence-electron chi connectivity index (χ2n) is 6.07. The van der Waals surface area contributed by atoms with Gasteiger partial charge in [-0.25, -0.2) is 9.47 Å². The molecule has 19 heteroatoms. The number of hydrogen-bond donors (Lipinski definition) is 1. The molecule has 33 heavy (non-hydrogen) atoms. The van der Waals surface area contributed by atoms with Crippen LogP contribution in [0.2, 0.25) is 0 Å². The van der Waals surface area contributed by atoms with Crippen molar-refractivity contribution < 1.29 is 85.2 Å². The summed E-state index contributed by atoms with van der Waals surface area (Å²) in [6, 6.07) is 0. The van der Waals surface area contributed by atoms with Crippen molar-refractivity contribution in [2.24, 2.45) is 0 Å². The summed E-state index contributed by atoms with van der Waals surface area (Å²) in [5.41, 5.74) is 0. The number of hydrogen-bond acceptors (Lipinski definition) is 4. The van der Waals surface area contributed by atoms with Gasteiger partial charge in [-0.1, -0.05) is 6.08 Å². The summed E-state index contributed by atoms with van der Waals surface area (Å²) in [4.78, 5) is 0. The van der Waals surface area contributed by atoms with E-state index in [4.69, 9.17) is 0 Å². The van der Waals surface area contributed by atoms with Gasteiger partial charge in [0.1, 0.15) is 6.61 Å². The summed E-state index contributed by atoms with van der Waals surface area (Å²) >= 11 is 0. The summed E-state index contributed by atoms with van der Waals surface area (Å²) in [6.45, 7) is -0.159. The third-order valence-corrected chi connectivity index (χ3v) is 3.27. The first-order valence-corrected chi connectivity index (χ1v) is 7.97. The predicted molar refractivity (Wildman–Crippen MR) is 74.2 cm³/mol. The van der Waals surface area contributed by atoms with E-state index in [2.05, 4.69) is 16.1 Å². The van der Waals surface area contributed by atoms with Crippen molar-refractivity contribution in [3.05, 3.63) is 12.7 Å². The van der Waals surface area contributed by atoms with Crippen molar-refractivity contribution in [2.75, 3.05) is 13.2 Å². The van der Waals surface area contributed by atoms with Crippen LogP contribution < -0.4 is 0 Å². The lowest BCUT2D eigenvalue weighted by atomic mass is 10.1. The van der Waals surface area contributed by atoms with Gasteiger partial charge in [0.05, 0.1) is 12.7 Å². The molecular weight excluding hydrogens is 517 g/mol. The Morgan fingerprint density at radius 3 is 1.58 bits per heavy atom. The Balaban J connectivity index is 5.47. The van der Waals surface area contributed by atoms with E-state index in [0.29, 0.717) is 0 Å². The molecule has 0 spiro atoms. The minimum absolute atomic E-state index is 0.116. The molecule has 0 bridgehead atoms. The van der Waals surface area contributed by atoms with Crippen molar-refractivity contribution in [3.63, 3.8) is 0 Å². The van der Waals surface area contributed by atoms with Crippen LogP contribution in [0.5, 0.6) is 0 Å². The zero-order chi connectivity index (χ0) is 26.7. The highest BCUT2D eigenvalue weighted by atomic mass is 19.4. The van der Waals surface area contributed by atoms with Crippen LogP contribution in [0.1, 0.15) is 12.8 Å². The van der Waals surface area contributed by atoms with E-state index in [1.807, 2.05) is 0 Å². The zero-order valence-electron chi connectivity index (χ0n) is 15.5. The Bertz CT molecular complexity index is 647. The molecule has 0 aliphatic carbocycles. The van der Waals surface area contributed by atoms with Crippen LogP contribution in [0.25, 0.3) is 0 Å². The fourth-order valence-corrected chi connectivity index (χ4v) is 1.63. The van der Waals surface area contributed by atoms with Gasteiger partial charge in [0.15, 0.2) is 0 Å². The van der Waals surface area contributed by atoms with Crippen LogP contribution in [-0.4, -0.2) is 66.9 Å². The Labute approximate surface area is 173 Å². The van der Waals surface area contributed by atoms with Crippen LogP contribution in [-0.2, 0) is 14.2 Å². The first-order chi connectivity index (χ1) is 14.4. The van der Waals surface area contributed by atoms with Crippen molar-refractivity contribution in [2.45, 2.75) is 61.4 Å². The van der Waals surface area contributed by atoms with Gasteiger partial charge in [-0.15, -0.1) is 6.58 Å².